The smallest absolute Gasteiger partial charge is 0.267 e. The Morgan fingerprint density at radius 2 is 2.05 bits per heavy atom. The highest BCUT2D eigenvalue weighted by molar-refractivity contribution is 6.28. The molecule has 3 aromatic rings. The van der Waals surface area contributed by atoms with E-state index < -0.39 is 0 Å². The first-order chi connectivity index (χ1) is 9.24. The summed E-state index contributed by atoms with van der Waals surface area (Å²) in [6, 6.07) is 9.04. The van der Waals surface area contributed by atoms with E-state index in [-0.39, 0.29) is 17.4 Å². The average molecular weight is 273 g/mol. The Morgan fingerprint density at radius 1 is 1.21 bits per heavy atom. The van der Waals surface area contributed by atoms with Crippen molar-refractivity contribution in [1.29, 1.82) is 0 Å². The van der Waals surface area contributed by atoms with Crippen molar-refractivity contribution in [2.24, 2.45) is 0 Å². The van der Waals surface area contributed by atoms with Gasteiger partial charge in [0, 0.05) is 11.6 Å². The Balaban J connectivity index is 2.06. The Morgan fingerprint density at radius 3 is 2.89 bits per heavy atom. The van der Waals surface area contributed by atoms with Crippen LogP contribution in [0.1, 0.15) is 5.69 Å². The van der Waals surface area contributed by atoms with Crippen molar-refractivity contribution in [2.45, 2.75) is 6.54 Å². The van der Waals surface area contributed by atoms with E-state index in [2.05, 4.69) is 15.1 Å². The lowest BCUT2D eigenvalue weighted by Crippen LogP contribution is -2.23. The number of benzene rings is 1. The molecule has 0 atom stereocenters. The van der Waals surface area contributed by atoms with Crippen LogP contribution in [0.15, 0.2) is 47.5 Å². The zero-order valence-corrected chi connectivity index (χ0v) is 10.6. The minimum absolute atomic E-state index is 0.146. The number of rotatable bonds is 2. The molecule has 2 aromatic heterocycles. The van der Waals surface area contributed by atoms with Gasteiger partial charge in [0.1, 0.15) is 0 Å². The lowest BCUT2D eigenvalue weighted by molar-refractivity contribution is 0.634. The molecular formula is C13H9ClN4O. The number of halogens is 1. The third kappa shape index (κ3) is 2.32. The van der Waals surface area contributed by atoms with Crippen LogP contribution in [0, 0.1) is 0 Å². The first-order valence-corrected chi connectivity index (χ1v) is 6.04. The van der Waals surface area contributed by atoms with Crippen molar-refractivity contribution in [2.75, 3.05) is 0 Å². The zero-order chi connectivity index (χ0) is 13.2. The summed E-state index contributed by atoms with van der Waals surface area (Å²) in [5.41, 5.74) is 0.498. The lowest BCUT2D eigenvalue weighted by Gasteiger charge is -2.05. The normalized spacial score (nSPS) is 10.8. The molecule has 3 rings (SSSR count). The summed E-state index contributed by atoms with van der Waals surface area (Å²) in [6.07, 6.45) is 3.22. The quantitative estimate of drug-likeness (QED) is 0.669. The molecular weight excluding hydrogens is 264 g/mol. The van der Waals surface area contributed by atoms with Gasteiger partial charge < -0.3 is 0 Å². The summed E-state index contributed by atoms with van der Waals surface area (Å²) in [4.78, 5) is 20.1. The molecule has 6 heteroatoms. The van der Waals surface area contributed by atoms with Gasteiger partial charge >= 0.3 is 0 Å². The van der Waals surface area contributed by atoms with Gasteiger partial charge in [0.2, 0.25) is 5.28 Å². The van der Waals surface area contributed by atoms with Gasteiger partial charge in [-0.3, -0.25) is 4.79 Å². The number of fused-ring (bicyclic) bond motifs is 1. The maximum atomic E-state index is 12.2. The Hall–Kier alpha value is -2.27. The fourth-order valence-corrected chi connectivity index (χ4v) is 2.02. The molecule has 0 bridgehead atoms. The molecule has 19 heavy (non-hydrogen) atoms. The van der Waals surface area contributed by atoms with Crippen molar-refractivity contribution < 1.29 is 0 Å². The van der Waals surface area contributed by atoms with Crippen LogP contribution in [0.3, 0.4) is 0 Å². The Bertz CT molecular complexity index is 800. The van der Waals surface area contributed by atoms with Gasteiger partial charge in [0.05, 0.1) is 23.8 Å². The lowest BCUT2D eigenvalue weighted by atomic mass is 10.2. The van der Waals surface area contributed by atoms with Crippen molar-refractivity contribution >= 4 is 22.4 Å². The summed E-state index contributed by atoms with van der Waals surface area (Å²) in [7, 11) is 0. The molecule has 0 aliphatic heterocycles. The summed E-state index contributed by atoms with van der Waals surface area (Å²) in [6.45, 7) is 0.270. The molecule has 2 heterocycles. The van der Waals surface area contributed by atoms with Crippen LogP contribution in [0.5, 0.6) is 0 Å². The maximum absolute atomic E-state index is 12.2. The zero-order valence-electron chi connectivity index (χ0n) is 9.82. The van der Waals surface area contributed by atoms with Gasteiger partial charge in [-0.15, -0.1) is 0 Å². The largest absolute Gasteiger partial charge is 0.274 e. The minimum Gasteiger partial charge on any atom is -0.267 e. The first kappa shape index (κ1) is 11.8. The number of hydrogen-bond donors (Lipinski definition) is 0. The van der Waals surface area contributed by atoms with E-state index in [0.29, 0.717) is 11.1 Å². The highest BCUT2D eigenvalue weighted by Gasteiger charge is 2.05. The van der Waals surface area contributed by atoms with E-state index in [4.69, 9.17) is 11.6 Å². The second-order valence-corrected chi connectivity index (χ2v) is 4.35. The number of nitrogens with zero attached hydrogens (tertiary/aromatic N) is 4. The predicted molar refractivity (Wildman–Crippen MR) is 72.1 cm³/mol. The van der Waals surface area contributed by atoms with Crippen LogP contribution in [0.25, 0.3) is 10.8 Å². The fourth-order valence-electron chi connectivity index (χ4n) is 1.85. The van der Waals surface area contributed by atoms with E-state index in [9.17, 15) is 4.79 Å². The fraction of sp³-hybridized carbons (Fsp3) is 0.0769. The molecule has 0 aliphatic carbocycles. The third-order valence-electron chi connectivity index (χ3n) is 2.76. The van der Waals surface area contributed by atoms with Gasteiger partial charge in [-0.25, -0.2) is 14.6 Å². The molecule has 0 saturated heterocycles. The molecule has 5 nitrogen and oxygen atoms in total. The summed E-state index contributed by atoms with van der Waals surface area (Å²) < 4.78 is 1.36. The topological polar surface area (TPSA) is 60.7 Å². The summed E-state index contributed by atoms with van der Waals surface area (Å²) in [5, 5.41) is 5.75. The Kier molecular flexibility index (Phi) is 2.97. The van der Waals surface area contributed by atoms with Gasteiger partial charge in [0.25, 0.3) is 5.56 Å². The van der Waals surface area contributed by atoms with Crippen LogP contribution < -0.4 is 5.56 Å². The Labute approximate surface area is 113 Å². The maximum Gasteiger partial charge on any atom is 0.274 e. The van der Waals surface area contributed by atoms with E-state index in [0.717, 1.165) is 5.39 Å². The molecule has 0 spiro atoms. The first-order valence-electron chi connectivity index (χ1n) is 5.66. The van der Waals surface area contributed by atoms with Crippen molar-refractivity contribution in [3.63, 3.8) is 0 Å². The minimum atomic E-state index is -0.146. The standard InChI is InChI=1S/C13H9ClN4O/c14-13-15-6-5-10(17-13)8-18-12(19)11-4-2-1-3-9(11)7-16-18/h1-7H,8H2. The molecule has 0 aliphatic rings. The summed E-state index contributed by atoms with van der Waals surface area (Å²) in [5.74, 6) is 0. The van der Waals surface area contributed by atoms with Crippen molar-refractivity contribution in [3.05, 3.63) is 64.1 Å². The summed E-state index contributed by atoms with van der Waals surface area (Å²) >= 11 is 5.72. The van der Waals surface area contributed by atoms with Gasteiger partial charge in [-0.1, -0.05) is 18.2 Å². The van der Waals surface area contributed by atoms with Gasteiger partial charge in [-0.05, 0) is 23.7 Å². The molecule has 0 unspecified atom stereocenters. The predicted octanol–water partition coefficient (Wildman–Crippen LogP) is 1.89. The van der Waals surface area contributed by atoms with Crippen LogP contribution in [0.4, 0.5) is 0 Å². The number of hydrogen-bond acceptors (Lipinski definition) is 4. The van der Waals surface area contributed by atoms with E-state index in [1.165, 1.54) is 4.68 Å². The van der Waals surface area contributed by atoms with E-state index in [1.54, 1.807) is 24.5 Å². The molecule has 0 saturated carbocycles. The molecule has 0 amide bonds. The molecule has 94 valence electrons. The molecule has 0 radical (unpaired) electrons. The van der Waals surface area contributed by atoms with Crippen LogP contribution >= 0.6 is 11.6 Å². The average Bonchev–Trinajstić information content (AvgIpc) is 2.42. The van der Waals surface area contributed by atoms with E-state index in [1.807, 2.05) is 18.2 Å². The van der Waals surface area contributed by atoms with Gasteiger partial charge in [0.15, 0.2) is 0 Å². The van der Waals surface area contributed by atoms with Crippen LogP contribution in [-0.2, 0) is 6.54 Å². The monoisotopic (exact) mass is 272 g/mol. The highest BCUT2D eigenvalue weighted by Crippen LogP contribution is 2.07. The van der Waals surface area contributed by atoms with Gasteiger partial charge in [-0.2, -0.15) is 5.10 Å². The van der Waals surface area contributed by atoms with E-state index >= 15 is 0 Å². The van der Waals surface area contributed by atoms with Crippen LogP contribution in [-0.4, -0.2) is 19.7 Å². The second-order valence-electron chi connectivity index (χ2n) is 4.01. The number of aromatic nitrogens is 4. The van der Waals surface area contributed by atoms with Crippen LogP contribution in [0.2, 0.25) is 5.28 Å². The molecule has 0 fully saturated rings. The second kappa shape index (κ2) is 4.78. The highest BCUT2D eigenvalue weighted by atomic mass is 35.5. The SMILES string of the molecule is O=c1c2ccccc2cnn1Cc1ccnc(Cl)n1. The van der Waals surface area contributed by atoms with Crippen molar-refractivity contribution in [3.8, 4) is 0 Å². The third-order valence-corrected chi connectivity index (χ3v) is 2.94. The van der Waals surface area contributed by atoms with Crippen molar-refractivity contribution in [1.82, 2.24) is 19.7 Å². The molecule has 0 N–H and O–H groups in total. The molecule has 1 aromatic carbocycles.